The van der Waals surface area contributed by atoms with Crippen LogP contribution in [-0.2, 0) is 11.8 Å². The van der Waals surface area contributed by atoms with Gasteiger partial charge in [-0.1, -0.05) is 52.0 Å². The van der Waals surface area contributed by atoms with Crippen LogP contribution in [0.15, 0.2) is 24.3 Å². The zero-order chi connectivity index (χ0) is 10.4. The third kappa shape index (κ3) is 1.06. The smallest absolute Gasteiger partial charge is 0.00209 e. The fraction of sp³-hybridized carbons (Fsp3) is 0.571. The van der Waals surface area contributed by atoms with Gasteiger partial charge < -0.3 is 0 Å². The fourth-order valence-electron chi connectivity index (χ4n) is 2.92. The molecule has 0 fully saturated rings. The topological polar surface area (TPSA) is 0 Å². The third-order valence-corrected chi connectivity index (χ3v) is 4.45. The molecule has 0 aliphatic heterocycles. The van der Waals surface area contributed by atoms with Gasteiger partial charge in [0.1, 0.15) is 0 Å². The molecule has 1 atom stereocenters. The Morgan fingerprint density at radius 2 is 1.79 bits per heavy atom. The lowest BCUT2D eigenvalue weighted by Gasteiger charge is -2.38. The molecule has 0 nitrogen and oxygen atoms in total. The molecule has 1 unspecified atom stereocenters. The quantitative estimate of drug-likeness (QED) is 0.626. The highest BCUT2D eigenvalue weighted by Crippen LogP contribution is 2.52. The second-order valence-electron chi connectivity index (χ2n) is 5.40. The van der Waals surface area contributed by atoms with E-state index in [4.69, 9.17) is 0 Å². The average molecular weight is 188 g/mol. The minimum Gasteiger partial charge on any atom is -0.0645 e. The van der Waals surface area contributed by atoms with E-state index in [1.54, 1.807) is 11.1 Å². The molecule has 1 aromatic rings. The maximum absolute atomic E-state index is 2.42. The van der Waals surface area contributed by atoms with E-state index in [-0.39, 0.29) is 0 Å². The second kappa shape index (κ2) is 2.85. The first-order chi connectivity index (χ1) is 6.51. The van der Waals surface area contributed by atoms with E-state index >= 15 is 0 Å². The predicted octanol–water partition coefficient (Wildman–Crippen LogP) is 3.94. The molecular formula is C14H20. The molecule has 0 bridgehead atoms. The fourth-order valence-corrected chi connectivity index (χ4v) is 2.92. The monoisotopic (exact) mass is 188 g/mol. The van der Waals surface area contributed by atoms with Gasteiger partial charge in [-0.3, -0.25) is 0 Å². The summed E-state index contributed by atoms with van der Waals surface area (Å²) in [4.78, 5) is 0. The van der Waals surface area contributed by atoms with Gasteiger partial charge in [-0.25, -0.2) is 0 Å². The summed E-state index contributed by atoms with van der Waals surface area (Å²) in [6.07, 6.45) is 2.46. The van der Waals surface area contributed by atoms with E-state index in [0.717, 1.165) is 0 Å². The van der Waals surface area contributed by atoms with Crippen LogP contribution in [0.3, 0.4) is 0 Å². The van der Waals surface area contributed by atoms with Crippen molar-refractivity contribution in [3.8, 4) is 0 Å². The molecule has 0 saturated carbocycles. The molecule has 1 aromatic carbocycles. The van der Waals surface area contributed by atoms with Crippen molar-refractivity contribution >= 4 is 0 Å². The highest BCUT2D eigenvalue weighted by molar-refractivity contribution is 5.41. The molecule has 14 heavy (non-hydrogen) atoms. The van der Waals surface area contributed by atoms with E-state index < -0.39 is 0 Å². The highest BCUT2D eigenvalue weighted by atomic mass is 14.5. The lowest BCUT2D eigenvalue weighted by atomic mass is 9.66. The van der Waals surface area contributed by atoms with Gasteiger partial charge in [-0.05, 0) is 34.8 Å². The Bertz CT molecular complexity index is 349. The molecular weight excluding hydrogens is 168 g/mol. The molecule has 76 valence electrons. The van der Waals surface area contributed by atoms with E-state index in [2.05, 4.69) is 52.0 Å². The molecule has 0 radical (unpaired) electrons. The van der Waals surface area contributed by atoms with Gasteiger partial charge >= 0.3 is 0 Å². The zero-order valence-electron chi connectivity index (χ0n) is 9.72. The molecule has 1 aliphatic rings. The first kappa shape index (κ1) is 9.76. The molecule has 0 N–H and O–H groups in total. The van der Waals surface area contributed by atoms with Crippen LogP contribution < -0.4 is 0 Å². The standard InChI is InChI=1S/C14H20/c1-5-14(4)12-9-7-6-8-11(12)10-13(14,2)3/h6-9H,5,10H2,1-4H3. The SMILES string of the molecule is CCC1(C)c2ccccc2CC1(C)C. The zero-order valence-corrected chi connectivity index (χ0v) is 9.72. The largest absolute Gasteiger partial charge is 0.0645 e. The van der Waals surface area contributed by atoms with Crippen LogP contribution in [0.4, 0.5) is 0 Å². The Labute approximate surface area is 87.3 Å². The van der Waals surface area contributed by atoms with Gasteiger partial charge in [0.05, 0.1) is 0 Å². The van der Waals surface area contributed by atoms with E-state index in [9.17, 15) is 0 Å². The molecule has 0 heterocycles. The number of fused-ring (bicyclic) bond motifs is 1. The second-order valence-corrected chi connectivity index (χ2v) is 5.40. The van der Waals surface area contributed by atoms with Crippen molar-refractivity contribution < 1.29 is 0 Å². The predicted molar refractivity (Wildman–Crippen MR) is 61.6 cm³/mol. The molecule has 0 aromatic heterocycles. The lowest BCUT2D eigenvalue weighted by molar-refractivity contribution is 0.197. The lowest BCUT2D eigenvalue weighted by Crippen LogP contribution is -2.34. The molecule has 1 aliphatic carbocycles. The van der Waals surface area contributed by atoms with Crippen molar-refractivity contribution in [2.75, 3.05) is 0 Å². The molecule has 0 amide bonds. The van der Waals surface area contributed by atoms with Crippen molar-refractivity contribution in [2.24, 2.45) is 5.41 Å². The molecule has 0 saturated heterocycles. The van der Waals surface area contributed by atoms with Crippen LogP contribution in [0.2, 0.25) is 0 Å². The third-order valence-electron chi connectivity index (χ3n) is 4.45. The van der Waals surface area contributed by atoms with E-state index in [0.29, 0.717) is 10.8 Å². The first-order valence-corrected chi connectivity index (χ1v) is 5.60. The Balaban J connectivity index is 2.59. The van der Waals surface area contributed by atoms with Crippen LogP contribution in [-0.4, -0.2) is 0 Å². The number of benzene rings is 1. The van der Waals surface area contributed by atoms with Gasteiger partial charge in [0, 0.05) is 0 Å². The maximum Gasteiger partial charge on any atom is -0.00209 e. The summed E-state index contributed by atoms with van der Waals surface area (Å²) in [6, 6.07) is 8.94. The van der Waals surface area contributed by atoms with E-state index in [1.165, 1.54) is 12.8 Å². The minimum atomic E-state index is 0.365. The number of hydrogen-bond acceptors (Lipinski definition) is 0. The Morgan fingerprint density at radius 1 is 1.14 bits per heavy atom. The summed E-state index contributed by atoms with van der Waals surface area (Å²) in [5.41, 5.74) is 3.91. The molecule has 0 heteroatoms. The van der Waals surface area contributed by atoms with Gasteiger partial charge in [0.25, 0.3) is 0 Å². The minimum absolute atomic E-state index is 0.365. The van der Waals surface area contributed by atoms with Crippen molar-refractivity contribution in [3.63, 3.8) is 0 Å². The van der Waals surface area contributed by atoms with Crippen molar-refractivity contribution in [1.82, 2.24) is 0 Å². The summed E-state index contributed by atoms with van der Waals surface area (Å²) in [5.74, 6) is 0. The molecule has 0 spiro atoms. The number of rotatable bonds is 1. The van der Waals surface area contributed by atoms with Crippen LogP contribution in [0, 0.1) is 5.41 Å². The Hall–Kier alpha value is -0.780. The highest BCUT2D eigenvalue weighted by Gasteiger charge is 2.46. The number of hydrogen-bond donors (Lipinski definition) is 0. The Morgan fingerprint density at radius 3 is 2.43 bits per heavy atom. The summed E-state index contributed by atoms with van der Waals surface area (Å²) in [5, 5.41) is 0. The van der Waals surface area contributed by atoms with Gasteiger partial charge in [-0.15, -0.1) is 0 Å². The van der Waals surface area contributed by atoms with Crippen molar-refractivity contribution in [3.05, 3.63) is 35.4 Å². The van der Waals surface area contributed by atoms with Gasteiger partial charge in [0.2, 0.25) is 0 Å². The summed E-state index contributed by atoms with van der Waals surface area (Å²) < 4.78 is 0. The van der Waals surface area contributed by atoms with E-state index in [1.807, 2.05) is 0 Å². The average Bonchev–Trinajstić information content (AvgIpc) is 2.36. The van der Waals surface area contributed by atoms with Crippen LogP contribution in [0.5, 0.6) is 0 Å². The Kier molecular flexibility index (Phi) is 1.99. The summed E-state index contributed by atoms with van der Waals surface area (Å²) >= 11 is 0. The first-order valence-electron chi connectivity index (χ1n) is 5.60. The van der Waals surface area contributed by atoms with Crippen molar-refractivity contribution in [2.45, 2.75) is 46.0 Å². The van der Waals surface area contributed by atoms with Crippen LogP contribution >= 0.6 is 0 Å². The summed E-state index contributed by atoms with van der Waals surface area (Å²) in [7, 11) is 0. The van der Waals surface area contributed by atoms with Gasteiger partial charge in [-0.2, -0.15) is 0 Å². The normalized spacial score (nSPS) is 28.9. The van der Waals surface area contributed by atoms with Gasteiger partial charge in [0.15, 0.2) is 0 Å². The summed E-state index contributed by atoms with van der Waals surface area (Å²) in [6.45, 7) is 9.52. The van der Waals surface area contributed by atoms with Crippen LogP contribution in [0.25, 0.3) is 0 Å². The maximum atomic E-state index is 2.42. The van der Waals surface area contributed by atoms with Crippen molar-refractivity contribution in [1.29, 1.82) is 0 Å². The molecule has 2 rings (SSSR count). The van der Waals surface area contributed by atoms with Crippen LogP contribution in [0.1, 0.15) is 45.2 Å².